The first-order valence-electron chi connectivity index (χ1n) is 9.11. The third-order valence-electron chi connectivity index (χ3n) is 3.43. The van der Waals surface area contributed by atoms with Crippen molar-refractivity contribution in [3.8, 4) is 0 Å². The van der Waals surface area contributed by atoms with Gasteiger partial charge in [-0.2, -0.15) is 21.8 Å². The Kier molecular flexibility index (Phi) is 23.0. The molecule has 30 heavy (non-hydrogen) atoms. The van der Waals surface area contributed by atoms with Crippen molar-refractivity contribution >= 4 is 0 Å². The molecule has 3 rings (SSSR count). The Morgan fingerprint density at radius 1 is 0.667 bits per heavy atom. The summed E-state index contributed by atoms with van der Waals surface area (Å²) in [7, 11) is 0. The predicted molar refractivity (Wildman–Crippen MR) is 107 cm³/mol. The Morgan fingerprint density at radius 3 is 1.60 bits per heavy atom. The molecule has 0 bridgehead atoms. The molecule has 0 saturated heterocycles. The zero-order valence-electron chi connectivity index (χ0n) is 18.0. The monoisotopic (exact) mass is 947 g/mol. The van der Waals surface area contributed by atoms with Crippen molar-refractivity contribution < 1.29 is 63.2 Å². The second-order valence-electron chi connectivity index (χ2n) is 6.78. The first-order valence-corrected chi connectivity index (χ1v) is 9.11. The van der Waals surface area contributed by atoms with E-state index >= 15 is 0 Å². The average molecular weight is 948 g/mol. The molecule has 0 spiro atoms. The summed E-state index contributed by atoms with van der Waals surface area (Å²) in [6, 6.07) is 14.6. The van der Waals surface area contributed by atoms with Gasteiger partial charge in [0, 0.05) is 63.2 Å². The van der Waals surface area contributed by atoms with E-state index in [0.29, 0.717) is 17.8 Å². The van der Waals surface area contributed by atoms with Crippen LogP contribution in [0.2, 0.25) is 0 Å². The molecule has 0 aliphatic rings. The predicted octanol–water partition coefficient (Wildman–Crippen LogP) is 4.80. The summed E-state index contributed by atoms with van der Waals surface area (Å²) >= 11 is 0. The zero-order valence-corrected chi connectivity index (χ0v) is 24.8. The molecule has 0 aromatic carbocycles. The molecule has 0 N–H and O–H groups in total. The molecule has 0 unspecified atom stereocenters. The smallest absolute Gasteiger partial charge is 0 e. The van der Waals surface area contributed by atoms with Gasteiger partial charge in [0.2, 0.25) is 0 Å². The van der Waals surface area contributed by atoms with Crippen LogP contribution in [0.1, 0.15) is 76.2 Å². The van der Waals surface area contributed by atoms with Crippen molar-refractivity contribution in [1.29, 1.82) is 0 Å². The van der Waals surface area contributed by atoms with Crippen molar-refractivity contribution in [3.63, 3.8) is 0 Å². The summed E-state index contributed by atoms with van der Waals surface area (Å²) in [5, 5.41) is 14.9. The van der Waals surface area contributed by atoms with Gasteiger partial charge in [0.1, 0.15) is 0 Å². The molecule has 0 radical (unpaired) electrons. The standard InChI is InChI=1S/C8H10N.2C7H9N2.3Pt/c1-7(2)8-5-3-4-6-9-8;1-6(2)7-3-4-8-9-5-7;1-6(2)7-4-3-5-8-9-7;;;/h3-4,6-7H,1-2H3;4-6H,1-2H3;3,5-6H,1-2H3;;;/q3*-1;;;. The largest absolute Gasteiger partial charge is 0.300 e. The van der Waals surface area contributed by atoms with Crippen LogP contribution in [0, 0.1) is 18.2 Å². The molecule has 3 aromatic rings. The molecule has 0 amide bonds. The topological polar surface area (TPSA) is 64.5 Å². The average Bonchev–Trinajstić information content (AvgIpc) is 2.71. The summed E-state index contributed by atoms with van der Waals surface area (Å²) in [5.74, 6) is 1.42. The van der Waals surface area contributed by atoms with Crippen LogP contribution in [0.3, 0.4) is 0 Å². The molecule has 174 valence electrons. The second kappa shape index (κ2) is 20.3. The minimum Gasteiger partial charge on any atom is -0.300 e. The van der Waals surface area contributed by atoms with E-state index in [1.165, 1.54) is 0 Å². The van der Waals surface area contributed by atoms with E-state index < -0.39 is 0 Å². The van der Waals surface area contributed by atoms with Crippen molar-refractivity contribution in [2.24, 2.45) is 0 Å². The van der Waals surface area contributed by atoms with Gasteiger partial charge in [-0.1, -0.05) is 59.9 Å². The van der Waals surface area contributed by atoms with Gasteiger partial charge in [0.25, 0.3) is 0 Å². The Bertz CT molecular complexity index is 624. The van der Waals surface area contributed by atoms with E-state index in [-0.39, 0.29) is 63.2 Å². The second-order valence-corrected chi connectivity index (χ2v) is 6.78. The maximum Gasteiger partial charge on any atom is 0 e. The summed E-state index contributed by atoms with van der Waals surface area (Å²) in [4.78, 5) is 4.12. The minimum absolute atomic E-state index is 0. The zero-order chi connectivity index (χ0) is 20.1. The molecule has 8 heteroatoms. The van der Waals surface area contributed by atoms with E-state index in [4.69, 9.17) is 0 Å². The molecule has 3 aromatic heterocycles. The molecule has 5 nitrogen and oxygen atoms in total. The van der Waals surface area contributed by atoms with Crippen molar-refractivity contribution in [2.45, 2.75) is 59.3 Å². The van der Waals surface area contributed by atoms with Crippen LogP contribution in [0.15, 0.2) is 43.0 Å². The molecular formula is C22H28N5Pt3-3. The van der Waals surface area contributed by atoms with Gasteiger partial charge in [0.15, 0.2) is 0 Å². The summed E-state index contributed by atoms with van der Waals surface area (Å²) < 4.78 is 0. The van der Waals surface area contributed by atoms with Gasteiger partial charge < -0.3 is 4.98 Å². The molecule has 0 atom stereocenters. The Labute approximate surface area is 224 Å². The van der Waals surface area contributed by atoms with Crippen LogP contribution in [0.4, 0.5) is 0 Å². The van der Waals surface area contributed by atoms with Crippen LogP contribution < -0.4 is 0 Å². The van der Waals surface area contributed by atoms with Crippen LogP contribution in [-0.4, -0.2) is 25.4 Å². The van der Waals surface area contributed by atoms with Gasteiger partial charge in [-0.05, 0) is 29.4 Å². The molecule has 0 aliphatic carbocycles. The number of rotatable bonds is 3. The normalized spacial score (nSPS) is 9.10. The molecule has 0 fully saturated rings. The third kappa shape index (κ3) is 15.2. The van der Waals surface area contributed by atoms with Gasteiger partial charge in [-0.15, -0.1) is 6.20 Å². The number of aromatic nitrogens is 5. The van der Waals surface area contributed by atoms with E-state index in [9.17, 15) is 0 Å². The maximum absolute atomic E-state index is 4.12. The van der Waals surface area contributed by atoms with Crippen LogP contribution in [0.25, 0.3) is 0 Å². The van der Waals surface area contributed by atoms with E-state index in [2.05, 4.69) is 85.1 Å². The first kappa shape index (κ1) is 34.0. The number of nitrogens with zero attached hydrogens (tertiary/aromatic N) is 5. The molecule has 0 saturated carbocycles. The Balaban J connectivity index is -0.000000347. The van der Waals surface area contributed by atoms with Crippen molar-refractivity contribution in [3.05, 3.63) is 78.1 Å². The summed E-state index contributed by atoms with van der Waals surface area (Å²) in [5.41, 5.74) is 3.08. The third-order valence-corrected chi connectivity index (χ3v) is 3.43. The molecule has 3 heterocycles. The van der Waals surface area contributed by atoms with Gasteiger partial charge in [0.05, 0.1) is 0 Å². The maximum atomic E-state index is 4.12. The van der Waals surface area contributed by atoms with Crippen molar-refractivity contribution in [1.82, 2.24) is 25.4 Å². The summed E-state index contributed by atoms with van der Waals surface area (Å²) in [6.07, 6.45) is 6.76. The van der Waals surface area contributed by atoms with Crippen molar-refractivity contribution in [2.75, 3.05) is 0 Å². The van der Waals surface area contributed by atoms with Crippen LogP contribution >= 0.6 is 0 Å². The minimum atomic E-state index is 0. The summed E-state index contributed by atoms with van der Waals surface area (Å²) in [6.45, 7) is 12.6. The molecule has 0 aliphatic heterocycles. The fourth-order valence-corrected chi connectivity index (χ4v) is 1.80. The number of hydrogen-bond acceptors (Lipinski definition) is 5. The van der Waals surface area contributed by atoms with Gasteiger partial charge in [-0.3, -0.25) is 10.2 Å². The first-order chi connectivity index (χ1) is 12.9. The van der Waals surface area contributed by atoms with E-state index in [1.807, 2.05) is 12.1 Å². The Morgan fingerprint density at radius 2 is 1.30 bits per heavy atom. The molecular weight excluding hydrogens is 920 g/mol. The SMILES string of the molecule is CC(C)c1[c-]cccn1.CC(C)c1[c-]ccnn1.CC(C)c1[c-]cnnc1.[Pt].[Pt].[Pt]. The fourth-order valence-electron chi connectivity index (χ4n) is 1.80. The van der Waals surface area contributed by atoms with E-state index in [0.717, 1.165) is 17.0 Å². The van der Waals surface area contributed by atoms with Gasteiger partial charge in [-0.25, -0.2) is 30.3 Å². The quantitative estimate of drug-likeness (QED) is 0.354. The van der Waals surface area contributed by atoms with Gasteiger partial charge >= 0.3 is 0 Å². The number of pyridine rings is 1. The van der Waals surface area contributed by atoms with Crippen LogP contribution in [-0.2, 0) is 63.2 Å². The Hall–Kier alpha value is -0.625. The fraction of sp³-hybridized carbons (Fsp3) is 0.409. The van der Waals surface area contributed by atoms with E-state index in [1.54, 1.807) is 30.9 Å². The number of hydrogen-bond donors (Lipinski definition) is 0. The van der Waals surface area contributed by atoms with Crippen LogP contribution in [0.5, 0.6) is 0 Å².